The molecule has 0 saturated heterocycles. The van der Waals surface area contributed by atoms with Crippen LogP contribution in [0.4, 0.5) is 0 Å². The molecule has 8 nitrogen and oxygen atoms in total. The zero-order valence-electron chi connectivity index (χ0n) is 26.3. The average molecular weight is 653 g/mol. The van der Waals surface area contributed by atoms with Gasteiger partial charge < -0.3 is 9.13 Å². The van der Waals surface area contributed by atoms with Gasteiger partial charge in [-0.05, 0) is 76.2 Å². The Morgan fingerprint density at radius 2 is 1.09 bits per heavy atom. The van der Waals surface area contributed by atoms with E-state index in [0.29, 0.717) is 35.6 Å². The van der Waals surface area contributed by atoms with Crippen molar-refractivity contribution in [3.05, 3.63) is 140 Å². The predicted molar refractivity (Wildman–Crippen MR) is 186 cm³/mol. The van der Waals surface area contributed by atoms with Crippen LogP contribution in [0.3, 0.4) is 0 Å². The minimum Gasteiger partial charge on any atom is -0.305 e. The molecule has 0 amide bonds. The summed E-state index contributed by atoms with van der Waals surface area (Å²) in [4.78, 5) is 35.4. The van der Waals surface area contributed by atoms with Crippen molar-refractivity contribution in [2.45, 2.75) is 62.1 Å². The van der Waals surface area contributed by atoms with E-state index in [1.807, 2.05) is 63.2 Å². The number of nitrogens with zero attached hydrogens (tertiary/aromatic N) is 4. The van der Waals surface area contributed by atoms with Crippen LogP contribution in [0, 0.1) is 13.8 Å². The first-order chi connectivity index (χ1) is 22.1. The second kappa shape index (κ2) is 14.3. The zero-order valence-corrected chi connectivity index (χ0v) is 27.9. The largest absolute Gasteiger partial charge is 0.305 e. The summed E-state index contributed by atoms with van der Waals surface area (Å²) < 4.78 is 28.6. The fourth-order valence-electron chi connectivity index (χ4n) is 5.10. The van der Waals surface area contributed by atoms with Gasteiger partial charge in [-0.25, -0.2) is 18.4 Å². The molecule has 10 heteroatoms. The number of sulfone groups is 1. The lowest BCUT2D eigenvalue weighted by Gasteiger charge is -2.10. The van der Waals surface area contributed by atoms with Crippen molar-refractivity contribution in [3.63, 3.8) is 0 Å². The molecule has 0 unspecified atom stereocenters. The van der Waals surface area contributed by atoms with Crippen molar-refractivity contribution >= 4 is 43.7 Å². The molecule has 0 N–H and O–H groups in total. The van der Waals surface area contributed by atoms with Gasteiger partial charge in [0, 0.05) is 23.7 Å². The molecule has 0 atom stereocenters. The first-order valence-electron chi connectivity index (χ1n) is 15.1. The molecule has 0 spiro atoms. The van der Waals surface area contributed by atoms with Gasteiger partial charge in [-0.1, -0.05) is 59.7 Å². The van der Waals surface area contributed by atoms with Gasteiger partial charge in [0.2, 0.25) is 0 Å². The summed E-state index contributed by atoms with van der Waals surface area (Å²) in [6.07, 6.45) is 0. The molecule has 0 saturated carbocycles. The van der Waals surface area contributed by atoms with Crippen molar-refractivity contribution < 1.29 is 8.42 Å². The van der Waals surface area contributed by atoms with Crippen LogP contribution in [0.15, 0.2) is 116 Å². The standard InChI is InChI=1S/C18H18N2O3S.C18H18N2OS/c1-3-20-17-7-5-4-6-15(17)19-16(18(20)21)12-24(22,23)14-10-8-13(2)9-11-14;1-3-20-17-7-5-4-6-15(17)19-16(18(20)21)12-22-14-10-8-13(2)9-11-14/h4-11H,3,12H2,1-2H3;4-11H,3,12H2,1-2H3. The summed E-state index contributed by atoms with van der Waals surface area (Å²) in [6, 6.07) is 30.0. The molecule has 236 valence electrons. The third kappa shape index (κ3) is 7.29. The molecule has 0 bridgehead atoms. The van der Waals surface area contributed by atoms with Gasteiger partial charge in [-0.2, -0.15) is 0 Å². The van der Waals surface area contributed by atoms with Gasteiger partial charge in [0.15, 0.2) is 9.84 Å². The van der Waals surface area contributed by atoms with Crippen molar-refractivity contribution in [1.29, 1.82) is 0 Å². The lowest BCUT2D eigenvalue weighted by molar-refractivity contribution is 0.593. The molecule has 46 heavy (non-hydrogen) atoms. The number of aromatic nitrogens is 4. The van der Waals surface area contributed by atoms with Crippen LogP contribution in [0.1, 0.15) is 36.4 Å². The summed E-state index contributed by atoms with van der Waals surface area (Å²) in [5.74, 6) is 0.187. The van der Waals surface area contributed by atoms with Gasteiger partial charge in [-0.3, -0.25) is 9.59 Å². The van der Waals surface area contributed by atoms with Gasteiger partial charge in [0.1, 0.15) is 17.1 Å². The number of hydrogen-bond acceptors (Lipinski definition) is 7. The van der Waals surface area contributed by atoms with Crippen LogP contribution in [0.5, 0.6) is 0 Å². The van der Waals surface area contributed by atoms with Gasteiger partial charge in [-0.15, -0.1) is 11.8 Å². The maximum absolute atomic E-state index is 12.6. The number of thioether (sulfide) groups is 1. The molecule has 6 rings (SSSR count). The Bertz CT molecular complexity index is 2230. The predicted octanol–water partition coefficient (Wildman–Crippen LogP) is 6.72. The Kier molecular flexibility index (Phi) is 10.2. The van der Waals surface area contributed by atoms with Crippen LogP contribution in [0.2, 0.25) is 0 Å². The molecule has 0 aliphatic rings. The molecule has 6 aromatic rings. The fraction of sp³-hybridized carbons (Fsp3) is 0.222. The van der Waals surface area contributed by atoms with Crippen molar-refractivity contribution in [2.24, 2.45) is 0 Å². The molecule has 2 aromatic heterocycles. The maximum atomic E-state index is 12.6. The van der Waals surface area contributed by atoms with Crippen LogP contribution >= 0.6 is 11.8 Å². The first kappa shape index (κ1) is 32.8. The summed E-state index contributed by atoms with van der Waals surface area (Å²) >= 11 is 1.65. The van der Waals surface area contributed by atoms with E-state index in [2.05, 4.69) is 41.2 Å². The highest BCUT2D eigenvalue weighted by Gasteiger charge is 2.20. The Morgan fingerprint density at radius 3 is 1.61 bits per heavy atom. The minimum absolute atomic E-state index is 0.0146. The number of para-hydroxylation sites is 4. The normalized spacial score (nSPS) is 11.4. The molecular weight excluding hydrogens is 617 g/mol. The lowest BCUT2D eigenvalue weighted by atomic mass is 10.2. The number of benzene rings is 4. The number of aryl methyl sites for hydroxylation is 4. The topological polar surface area (TPSA) is 104 Å². The number of fused-ring (bicyclic) bond motifs is 2. The SMILES string of the molecule is CCn1c(=O)c(CS(=O)(=O)c2ccc(C)cc2)nc2ccccc21.CCn1c(=O)c(CSc2ccc(C)cc2)nc2ccccc21. The van der Waals surface area contributed by atoms with E-state index in [1.54, 1.807) is 51.2 Å². The van der Waals surface area contributed by atoms with Crippen LogP contribution < -0.4 is 11.1 Å². The van der Waals surface area contributed by atoms with E-state index in [9.17, 15) is 18.0 Å². The quantitative estimate of drug-likeness (QED) is 0.168. The second-order valence-corrected chi connectivity index (χ2v) is 13.9. The summed E-state index contributed by atoms with van der Waals surface area (Å²) in [7, 11) is -3.62. The molecule has 0 aliphatic carbocycles. The van der Waals surface area contributed by atoms with E-state index in [-0.39, 0.29) is 21.7 Å². The molecular formula is C36H36N4O4S2. The molecule has 0 aliphatic heterocycles. The summed E-state index contributed by atoms with van der Waals surface area (Å²) in [6.45, 7) is 8.92. The first-order valence-corrected chi connectivity index (χ1v) is 17.7. The summed E-state index contributed by atoms with van der Waals surface area (Å²) in [5.41, 5.74) is 5.65. The molecule has 0 fully saturated rings. The average Bonchev–Trinajstić information content (AvgIpc) is 3.05. The smallest absolute Gasteiger partial charge is 0.273 e. The third-order valence-electron chi connectivity index (χ3n) is 7.58. The van der Waals surface area contributed by atoms with Gasteiger partial charge in [0.05, 0.1) is 27.0 Å². The van der Waals surface area contributed by atoms with Crippen molar-refractivity contribution in [3.8, 4) is 0 Å². The van der Waals surface area contributed by atoms with Gasteiger partial charge >= 0.3 is 0 Å². The van der Waals surface area contributed by atoms with Crippen LogP contribution in [-0.4, -0.2) is 27.5 Å². The fourth-order valence-corrected chi connectivity index (χ4v) is 7.19. The number of rotatable bonds is 8. The minimum atomic E-state index is -3.62. The van der Waals surface area contributed by atoms with Crippen LogP contribution in [-0.2, 0) is 34.4 Å². The van der Waals surface area contributed by atoms with Crippen LogP contribution in [0.25, 0.3) is 22.1 Å². The van der Waals surface area contributed by atoms with E-state index in [0.717, 1.165) is 21.5 Å². The van der Waals surface area contributed by atoms with Crippen molar-refractivity contribution in [1.82, 2.24) is 19.1 Å². The zero-order chi connectivity index (χ0) is 32.8. The Hall–Kier alpha value is -4.54. The Balaban J connectivity index is 0.000000182. The lowest BCUT2D eigenvalue weighted by Crippen LogP contribution is -2.27. The monoisotopic (exact) mass is 652 g/mol. The highest BCUT2D eigenvalue weighted by atomic mass is 32.2. The Labute approximate surface area is 272 Å². The number of hydrogen-bond donors (Lipinski definition) is 0. The highest BCUT2D eigenvalue weighted by molar-refractivity contribution is 7.98. The summed E-state index contributed by atoms with van der Waals surface area (Å²) in [5, 5.41) is 0. The van der Waals surface area contributed by atoms with Crippen molar-refractivity contribution in [2.75, 3.05) is 0 Å². The van der Waals surface area contributed by atoms with E-state index < -0.39 is 15.6 Å². The third-order valence-corrected chi connectivity index (χ3v) is 10.2. The van der Waals surface area contributed by atoms with Gasteiger partial charge in [0.25, 0.3) is 11.1 Å². The molecule has 4 aromatic carbocycles. The van der Waals surface area contributed by atoms with E-state index >= 15 is 0 Å². The molecule has 2 heterocycles. The Morgan fingerprint density at radius 1 is 0.630 bits per heavy atom. The highest BCUT2D eigenvalue weighted by Crippen LogP contribution is 2.22. The molecule has 0 radical (unpaired) electrons. The maximum Gasteiger partial charge on any atom is 0.273 e. The second-order valence-electron chi connectivity index (χ2n) is 10.9. The van der Waals surface area contributed by atoms with E-state index in [1.165, 1.54) is 5.56 Å². The van der Waals surface area contributed by atoms with E-state index in [4.69, 9.17) is 0 Å².